The van der Waals surface area contributed by atoms with E-state index in [2.05, 4.69) is 19.9 Å². The average Bonchev–Trinajstić information content (AvgIpc) is 3.45. The number of halogens is 1. The van der Waals surface area contributed by atoms with Crippen molar-refractivity contribution in [2.45, 2.75) is 13.3 Å². The molecule has 2 amide bonds. The van der Waals surface area contributed by atoms with Gasteiger partial charge in [-0.3, -0.25) is 14.2 Å². The summed E-state index contributed by atoms with van der Waals surface area (Å²) in [7, 11) is 0. The Kier molecular flexibility index (Phi) is 5.49. The van der Waals surface area contributed by atoms with Crippen LogP contribution in [0.4, 0.5) is 15.9 Å². The second kappa shape index (κ2) is 8.61. The van der Waals surface area contributed by atoms with E-state index in [0.717, 1.165) is 17.5 Å². The maximum absolute atomic E-state index is 13.2. The first-order valence-corrected chi connectivity index (χ1v) is 10.9. The maximum atomic E-state index is 13.2. The SMILES string of the molecule is Cc1nccn1-c1cc(N2CCN(C(=O)C3CC(=O)N(c4ccc(F)cc4)C3)CC2)ncn1. The van der Waals surface area contributed by atoms with E-state index in [0.29, 0.717) is 38.4 Å². The number of hydrogen-bond donors (Lipinski definition) is 0. The predicted octanol–water partition coefficient (Wildman–Crippen LogP) is 1.81. The van der Waals surface area contributed by atoms with Gasteiger partial charge in [-0.15, -0.1) is 0 Å². The van der Waals surface area contributed by atoms with Crippen molar-refractivity contribution in [1.82, 2.24) is 24.4 Å². The fourth-order valence-corrected chi connectivity index (χ4v) is 4.42. The Balaban J connectivity index is 1.21. The molecule has 0 bridgehead atoms. The van der Waals surface area contributed by atoms with Gasteiger partial charge in [0, 0.05) is 63.3 Å². The minimum absolute atomic E-state index is 0.00923. The number of imidazole rings is 1. The van der Waals surface area contributed by atoms with Gasteiger partial charge in [0.25, 0.3) is 0 Å². The van der Waals surface area contributed by atoms with E-state index in [4.69, 9.17) is 0 Å². The molecule has 2 fully saturated rings. The normalized spacial score (nSPS) is 18.8. The Hall–Kier alpha value is -3.82. The smallest absolute Gasteiger partial charge is 0.228 e. The Bertz CT molecular complexity index is 1170. The quantitative estimate of drug-likeness (QED) is 0.604. The minimum atomic E-state index is -0.385. The topological polar surface area (TPSA) is 87.5 Å². The molecule has 9 nitrogen and oxygen atoms in total. The molecule has 0 spiro atoms. The van der Waals surface area contributed by atoms with Crippen molar-refractivity contribution in [3.63, 3.8) is 0 Å². The van der Waals surface area contributed by atoms with Crippen LogP contribution >= 0.6 is 0 Å². The molecule has 2 aromatic heterocycles. The molecule has 1 aromatic carbocycles. The summed E-state index contributed by atoms with van der Waals surface area (Å²) in [5.41, 5.74) is 0.620. The Morgan fingerprint density at radius 3 is 2.45 bits per heavy atom. The number of amides is 2. The molecule has 2 aliphatic heterocycles. The van der Waals surface area contributed by atoms with Crippen molar-refractivity contribution in [3.8, 4) is 5.82 Å². The van der Waals surface area contributed by atoms with Crippen LogP contribution in [0.25, 0.3) is 5.82 Å². The molecule has 5 rings (SSSR count). The summed E-state index contributed by atoms with van der Waals surface area (Å²) in [5, 5.41) is 0. The highest BCUT2D eigenvalue weighted by Crippen LogP contribution is 2.27. The number of nitrogens with zero attached hydrogens (tertiary/aromatic N) is 7. The van der Waals surface area contributed by atoms with E-state index >= 15 is 0 Å². The second-order valence-electron chi connectivity index (χ2n) is 8.27. The van der Waals surface area contributed by atoms with Crippen LogP contribution in [0.2, 0.25) is 0 Å². The minimum Gasteiger partial charge on any atom is -0.353 e. The number of carbonyl (C=O) groups excluding carboxylic acids is 2. The molecule has 0 saturated carbocycles. The lowest BCUT2D eigenvalue weighted by molar-refractivity contribution is -0.136. The summed E-state index contributed by atoms with van der Waals surface area (Å²) in [6, 6.07) is 7.70. The average molecular weight is 449 g/mol. The summed E-state index contributed by atoms with van der Waals surface area (Å²) in [4.78, 5) is 44.1. The predicted molar refractivity (Wildman–Crippen MR) is 120 cm³/mol. The highest BCUT2D eigenvalue weighted by atomic mass is 19.1. The van der Waals surface area contributed by atoms with Gasteiger partial charge in [0.05, 0.1) is 5.92 Å². The molecule has 0 aliphatic carbocycles. The van der Waals surface area contributed by atoms with Gasteiger partial charge in [-0.1, -0.05) is 0 Å². The monoisotopic (exact) mass is 449 g/mol. The number of hydrogen-bond acceptors (Lipinski definition) is 6. The van der Waals surface area contributed by atoms with E-state index in [-0.39, 0.29) is 30.0 Å². The molecule has 0 N–H and O–H groups in total. The number of carbonyl (C=O) groups is 2. The molecular formula is C23H24FN7O2. The summed E-state index contributed by atoms with van der Waals surface area (Å²) in [6.07, 6.45) is 5.30. The zero-order chi connectivity index (χ0) is 22.9. The standard InChI is InChI=1S/C23H24FN7O2/c1-16-25-6-7-30(16)21-13-20(26-15-27-21)28-8-10-29(11-9-28)23(33)17-12-22(32)31(14-17)19-4-2-18(24)3-5-19/h2-7,13,15,17H,8-12,14H2,1H3. The summed E-state index contributed by atoms with van der Waals surface area (Å²) >= 11 is 0. The maximum Gasteiger partial charge on any atom is 0.228 e. The van der Waals surface area contributed by atoms with Crippen LogP contribution in [-0.4, -0.2) is 69.0 Å². The molecular weight excluding hydrogens is 425 g/mol. The fourth-order valence-electron chi connectivity index (χ4n) is 4.42. The molecule has 10 heteroatoms. The molecule has 2 aliphatic rings. The van der Waals surface area contributed by atoms with Gasteiger partial charge in [-0.2, -0.15) is 0 Å². The largest absolute Gasteiger partial charge is 0.353 e. The van der Waals surface area contributed by atoms with Gasteiger partial charge in [0.15, 0.2) is 0 Å². The van der Waals surface area contributed by atoms with Gasteiger partial charge in [-0.25, -0.2) is 19.3 Å². The van der Waals surface area contributed by atoms with Crippen molar-refractivity contribution in [2.75, 3.05) is 42.5 Å². The summed E-state index contributed by atoms with van der Waals surface area (Å²) in [5.74, 6) is 1.54. The number of aromatic nitrogens is 4. The van der Waals surface area contributed by atoms with Crippen molar-refractivity contribution < 1.29 is 14.0 Å². The molecule has 2 saturated heterocycles. The van der Waals surface area contributed by atoms with Crippen molar-refractivity contribution in [1.29, 1.82) is 0 Å². The molecule has 170 valence electrons. The van der Waals surface area contributed by atoms with Crippen LogP contribution in [0.1, 0.15) is 12.2 Å². The Labute approximate surface area is 190 Å². The molecule has 3 aromatic rings. The van der Waals surface area contributed by atoms with Crippen LogP contribution in [0.3, 0.4) is 0 Å². The van der Waals surface area contributed by atoms with Gasteiger partial charge < -0.3 is 14.7 Å². The lowest BCUT2D eigenvalue weighted by Crippen LogP contribution is -2.51. The van der Waals surface area contributed by atoms with Gasteiger partial charge >= 0.3 is 0 Å². The number of aryl methyl sites for hydroxylation is 1. The van der Waals surface area contributed by atoms with Gasteiger partial charge in [-0.05, 0) is 31.2 Å². The third-order valence-corrected chi connectivity index (χ3v) is 6.24. The third-order valence-electron chi connectivity index (χ3n) is 6.24. The van der Waals surface area contributed by atoms with Crippen LogP contribution in [0.5, 0.6) is 0 Å². The number of piperazine rings is 1. The first kappa shape index (κ1) is 21.0. The van der Waals surface area contributed by atoms with Gasteiger partial charge in [0.1, 0.15) is 29.6 Å². The van der Waals surface area contributed by atoms with Crippen LogP contribution in [-0.2, 0) is 9.59 Å². The van der Waals surface area contributed by atoms with E-state index in [1.807, 2.05) is 28.7 Å². The van der Waals surface area contributed by atoms with Crippen LogP contribution in [0, 0.1) is 18.7 Å². The first-order valence-electron chi connectivity index (χ1n) is 10.9. The van der Waals surface area contributed by atoms with E-state index in [1.54, 1.807) is 23.2 Å². The van der Waals surface area contributed by atoms with Crippen LogP contribution < -0.4 is 9.80 Å². The number of rotatable bonds is 4. The van der Waals surface area contributed by atoms with E-state index < -0.39 is 0 Å². The second-order valence-corrected chi connectivity index (χ2v) is 8.27. The highest BCUT2D eigenvalue weighted by Gasteiger charge is 2.38. The first-order chi connectivity index (χ1) is 16.0. The van der Waals surface area contributed by atoms with Crippen LogP contribution in [0.15, 0.2) is 49.1 Å². The Morgan fingerprint density at radius 2 is 1.76 bits per heavy atom. The number of benzene rings is 1. The van der Waals surface area contributed by atoms with Gasteiger partial charge in [0.2, 0.25) is 11.8 Å². The van der Waals surface area contributed by atoms with Crippen molar-refractivity contribution in [3.05, 3.63) is 60.7 Å². The molecule has 1 unspecified atom stereocenters. The van der Waals surface area contributed by atoms with Crippen molar-refractivity contribution in [2.24, 2.45) is 5.92 Å². The van der Waals surface area contributed by atoms with E-state index in [1.165, 1.54) is 18.5 Å². The molecule has 1 atom stereocenters. The molecule has 0 radical (unpaired) electrons. The molecule has 33 heavy (non-hydrogen) atoms. The summed E-state index contributed by atoms with van der Waals surface area (Å²) < 4.78 is 15.1. The summed E-state index contributed by atoms with van der Waals surface area (Å²) in [6.45, 7) is 4.65. The lowest BCUT2D eigenvalue weighted by Gasteiger charge is -2.36. The highest BCUT2D eigenvalue weighted by molar-refractivity contribution is 6.00. The fraction of sp³-hybridized carbons (Fsp3) is 0.348. The third kappa shape index (κ3) is 4.15. The zero-order valence-corrected chi connectivity index (χ0v) is 18.3. The zero-order valence-electron chi connectivity index (χ0n) is 18.3. The molecule has 4 heterocycles. The Morgan fingerprint density at radius 1 is 1.03 bits per heavy atom. The van der Waals surface area contributed by atoms with E-state index in [9.17, 15) is 14.0 Å². The number of anilines is 2. The lowest BCUT2D eigenvalue weighted by atomic mass is 10.1. The van der Waals surface area contributed by atoms with Crippen molar-refractivity contribution >= 4 is 23.3 Å².